The van der Waals surface area contributed by atoms with E-state index >= 15 is 0 Å². The van der Waals surface area contributed by atoms with E-state index in [4.69, 9.17) is 0 Å². The fourth-order valence-electron chi connectivity index (χ4n) is 3.38. The van der Waals surface area contributed by atoms with E-state index in [1.807, 2.05) is 42.5 Å². The van der Waals surface area contributed by atoms with E-state index in [2.05, 4.69) is 16.0 Å². The van der Waals surface area contributed by atoms with E-state index in [1.54, 1.807) is 12.3 Å². The molecule has 2 atom stereocenters. The Hall–Kier alpha value is -2.66. The number of hydrogen-bond donors (Lipinski definition) is 1. The number of fused-ring (bicyclic) bond motifs is 2. The van der Waals surface area contributed by atoms with Gasteiger partial charge in [0.15, 0.2) is 0 Å². The van der Waals surface area contributed by atoms with E-state index in [0.717, 1.165) is 16.4 Å². The van der Waals surface area contributed by atoms with Gasteiger partial charge in [-0.1, -0.05) is 30.4 Å². The van der Waals surface area contributed by atoms with E-state index in [-0.39, 0.29) is 18.0 Å². The minimum absolute atomic E-state index is 0.0605. The SMILES string of the molecule is O=C1c2ccccc2N(Cc2ccccn2)[C@@H]2C=CC[C@@H]2N1O. The molecule has 5 heteroatoms. The number of nitrogens with zero attached hydrogens (tertiary/aromatic N) is 3. The molecule has 1 aliphatic carbocycles. The van der Waals surface area contributed by atoms with Crippen molar-refractivity contribution in [2.75, 3.05) is 4.90 Å². The summed E-state index contributed by atoms with van der Waals surface area (Å²) in [6.07, 6.45) is 6.50. The van der Waals surface area contributed by atoms with Gasteiger partial charge in [-0.2, -0.15) is 0 Å². The highest BCUT2D eigenvalue weighted by Crippen LogP contribution is 2.35. The van der Waals surface area contributed by atoms with Crippen LogP contribution >= 0.6 is 0 Å². The smallest absolute Gasteiger partial charge is 0.279 e. The molecule has 0 saturated carbocycles. The van der Waals surface area contributed by atoms with Crippen LogP contribution in [0.5, 0.6) is 0 Å². The second-order valence-electron chi connectivity index (χ2n) is 5.84. The zero-order valence-corrected chi connectivity index (χ0v) is 12.5. The van der Waals surface area contributed by atoms with Crippen LogP contribution in [0, 0.1) is 0 Å². The van der Waals surface area contributed by atoms with Crippen LogP contribution in [0.2, 0.25) is 0 Å². The number of benzene rings is 1. The van der Waals surface area contributed by atoms with Crippen molar-refractivity contribution in [3.63, 3.8) is 0 Å². The first-order valence-electron chi connectivity index (χ1n) is 7.70. The van der Waals surface area contributed by atoms with Gasteiger partial charge in [0.1, 0.15) is 0 Å². The summed E-state index contributed by atoms with van der Waals surface area (Å²) in [6, 6.07) is 12.9. The van der Waals surface area contributed by atoms with E-state index in [1.165, 1.54) is 0 Å². The summed E-state index contributed by atoms with van der Waals surface area (Å²) in [5.41, 5.74) is 2.29. The maximum Gasteiger partial charge on any atom is 0.279 e. The predicted molar refractivity (Wildman–Crippen MR) is 86.2 cm³/mol. The van der Waals surface area contributed by atoms with Gasteiger partial charge < -0.3 is 4.90 Å². The molecule has 1 aliphatic heterocycles. The molecule has 1 amide bonds. The molecule has 2 aromatic rings. The van der Waals surface area contributed by atoms with Gasteiger partial charge in [0.05, 0.1) is 35.6 Å². The normalized spacial score (nSPS) is 22.7. The summed E-state index contributed by atoms with van der Waals surface area (Å²) in [4.78, 5) is 19.1. The van der Waals surface area contributed by atoms with E-state index in [9.17, 15) is 10.0 Å². The second-order valence-corrected chi connectivity index (χ2v) is 5.84. The zero-order valence-electron chi connectivity index (χ0n) is 12.5. The Morgan fingerprint density at radius 2 is 2.00 bits per heavy atom. The van der Waals surface area contributed by atoms with Gasteiger partial charge in [-0.05, 0) is 30.7 Å². The molecule has 5 nitrogen and oxygen atoms in total. The van der Waals surface area contributed by atoms with Crippen LogP contribution in [-0.4, -0.2) is 33.2 Å². The van der Waals surface area contributed by atoms with Crippen molar-refractivity contribution >= 4 is 11.6 Å². The number of anilines is 1. The number of pyridine rings is 1. The molecule has 2 aliphatic rings. The van der Waals surface area contributed by atoms with Crippen LogP contribution in [0.4, 0.5) is 5.69 Å². The van der Waals surface area contributed by atoms with Gasteiger partial charge in [0, 0.05) is 6.20 Å². The molecule has 2 heterocycles. The number of amides is 1. The van der Waals surface area contributed by atoms with Gasteiger partial charge in [0.25, 0.3) is 5.91 Å². The van der Waals surface area contributed by atoms with Crippen LogP contribution in [0.1, 0.15) is 22.5 Å². The monoisotopic (exact) mass is 307 g/mol. The van der Waals surface area contributed by atoms with Crippen LogP contribution in [0.3, 0.4) is 0 Å². The molecule has 4 rings (SSSR count). The minimum Gasteiger partial charge on any atom is -0.356 e. The Morgan fingerprint density at radius 3 is 2.83 bits per heavy atom. The van der Waals surface area contributed by atoms with Crippen molar-refractivity contribution in [1.82, 2.24) is 10.0 Å². The summed E-state index contributed by atoms with van der Waals surface area (Å²) < 4.78 is 0. The van der Waals surface area contributed by atoms with Gasteiger partial charge in [-0.15, -0.1) is 0 Å². The van der Waals surface area contributed by atoms with Crippen LogP contribution < -0.4 is 4.90 Å². The molecule has 0 unspecified atom stereocenters. The Morgan fingerprint density at radius 1 is 1.17 bits per heavy atom. The lowest BCUT2D eigenvalue weighted by Gasteiger charge is -2.33. The molecule has 116 valence electrons. The molecule has 0 bridgehead atoms. The molecule has 1 N–H and O–H groups in total. The van der Waals surface area contributed by atoms with Gasteiger partial charge in [0.2, 0.25) is 0 Å². The average molecular weight is 307 g/mol. The fraction of sp³-hybridized carbons (Fsp3) is 0.222. The minimum atomic E-state index is -0.345. The number of carbonyl (C=O) groups is 1. The largest absolute Gasteiger partial charge is 0.356 e. The Balaban J connectivity index is 1.82. The Bertz CT molecular complexity index is 760. The highest BCUT2D eigenvalue weighted by atomic mass is 16.5. The van der Waals surface area contributed by atoms with E-state index in [0.29, 0.717) is 18.5 Å². The third kappa shape index (κ3) is 2.29. The van der Waals surface area contributed by atoms with Crippen LogP contribution in [0.15, 0.2) is 60.8 Å². The Labute approximate surface area is 134 Å². The molecule has 0 radical (unpaired) electrons. The third-order valence-corrected chi connectivity index (χ3v) is 4.49. The Kier molecular flexibility index (Phi) is 3.35. The maximum atomic E-state index is 12.6. The van der Waals surface area contributed by atoms with Crippen molar-refractivity contribution in [2.24, 2.45) is 0 Å². The van der Waals surface area contributed by atoms with Crippen molar-refractivity contribution in [1.29, 1.82) is 0 Å². The maximum absolute atomic E-state index is 12.6. The number of para-hydroxylation sites is 1. The zero-order chi connectivity index (χ0) is 15.8. The highest BCUT2D eigenvalue weighted by molar-refractivity contribution is 6.00. The third-order valence-electron chi connectivity index (χ3n) is 4.49. The van der Waals surface area contributed by atoms with Crippen LogP contribution in [0.25, 0.3) is 0 Å². The number of hydroxylamine groups is 2. The fourth-order valence-corrected chi connectivity index (χ4v) is 3.38. The molecule has 1 aromatic heterocycles. The number of aromatic nitrogens is 1. The lowest BCUT2D eigenvalue weighted by atomic mass is 10.1. The van der Waals surface area contributed by atoms with Gasteiger partial charge >= 0.3 is 0 Å². The molecule has 0 spiro atoms. The second kappa shape index (κ2) is 5.52. The summed E-state index contributed by atoms with van der Waals surface area (Å²) in [6.45, 7) is 0.588. The first kappa shape index (κ1) is 14.0. The highest BCUT2D eigenvalue weighted by Gasteiger charge is 2.40. The van der Waals surface area contributed by atoms with Crippen molar-refractivity contribution in [3.8, 4) is 0 Å². The van der Waals surface area contributed by atoms with Crippen molar-refractivity contribution in [3.05, 3.63) is 72.1 Å². The number of carbonyl (C=O) groups excluding carboxylic acids is 1. The molecular formula is C18H17N3O2. The lowest BCUT2D eigenvalue weighted by Crippen LogP contribution is -2.47. The quantitative estimate of drug-likeness (QED) is 0.684. The van der Waals surface area contributed by atoms with Crippen molar-refractivity contribution in [2.45, 2.75) is 25.0 Å². The lowest BCUT2D eigenvalue weighted by molar-refractivity contribution is -0.0875. The van der Waals surface area contributed by atoms with Gasteiger partial charge in [-0.3, -0.25) is 15.0 Å². The topological polar surface area (TPSA) is 56.7 Å². The first-order chi connectivity index (χ1) is 11.3. The van der Waals surface area contributed by atoms with Crippen molar-refractivity contribution < 1.29 is 10.0 Å². The summed E-state index contributed by atoms with van der Waals surface area (Å²) >= 11 is 0. The van der Waals surface area contributed by atoms with Gasteiger partial charge in [-0.25, -0.2) is 5.06 Å². The standard InChI is InChI=1S/C18H17N3O2/c22-18-14-7-1-2-8-15(14)20(12-13-6-3-4-11-19-13)16-9-5-10-17(16)21(18)23/h1-9,11,16-17,23H,10,12H2/t16-,17+/m1/s1. The summed E-state index contributed by atoms with van der Waals surface area (Å²) in [7, 11) is 0. The summed E-state index contributed by atoms with van der Waals surface area (Å²) in [5, 5.41) is 11.3. The molecule has 0 saturated heterocycles. The number of hydrogen-bond acceptors (Lipinski definition) is 4. The molecule has 0 fully saturated rings. The summed E-state index contributed by atoms with van der Waals surface area (Å²) in [5.74, 6) is -0.345. The van der Waals surface area contributed by atoms with Crippen LogP contribution in [-0.2, 0) is 6.54 Å². The van der Waals surface area contributed by atoms with E-state index < -0.39 is 0 Å². The number of rotatable bonds is 2. The average Bonchev–Trinajstić information content (AvgIpc) is 3.06. The molecule has 23 heavy (non-hydrogen) atoms. The molecular weight excluding hydrogens is 290 g/mol. The molecule has 1 aromatic carbocycles. The first-order valence-corrected chi connectivity index (χ1v) is 7.70. The predicted octanol–water partition coefficient (Wildman–Crippen LogP) is 2.63.